The molecule has 0 radical (unpaired) electrons. The lowest BCUT2D eigenvalue weighted by atomic mass is 10.2. The van der Waals surface area contributed by atoms with E-state index in [-0.39, 0.29) is 11.9 Å². The lowest BCUT2D eigenvalue weighted by Crippen LogP contribution is -2.07. The van der Waals surface area contributed by atoms with Crippen LogP contribution in [0, 0.1) is 5.82 Å². The van der Waals surface area contributed by atoms with Gasteiger partial charge in [-0.3, -0.25) is 5.10 Å². The van der Waals surface area contributed by atoms with Crippen molar-refractivity contribution in [3.63, 3.8) is 0 Å². The Morgan fingerprint density at radius 3 is 2.88 bits per heavy atom. The number of hydrogen-bond donors (Lipinski definition) is 2. The van der Waals surface area contributed by atoms with Crippen LogP contribution < -0.4 is 5.32 Å². The number of nitrogens with one attached hydrogen (secondary N) is 2. The first kappa shape index (κ1) is 11.0. The summed E-state index contributed by atoms with van der Waals surface area (Å²) >= 11 is 5.76. The molecule has 1 atom stereocenters. The van der Waals surface area contributed by atoms with Gasteiger partial charge in [-0.1, -0.05) is 11.6 Å². The van der Waals surface area contributed by atoms with E-state index in [0.717, 1.165) is 5.69 Å². The zero-order valence-electron chi connectivity index (χ0n) is 8.67. The monoisotopic (exact) mass is 239 g/mol. The van der Waals surface area contributed by atoms with Crippen LogP contribution in [0.5, 0.6) is 0 Å². The lowest BCUT2D eigenvalue weighted by Gasteiger charge is -2.13. The SMILES string of the molecule is CC(Nc1cc(F)cc(Cl)c1)c1ccn[nH]1. The van der Waals surface area contributed by atoms with E-state index in [4.69, 9.17) is 11.6 Å². The molecule has 0 amide bonds. The standard InChI is InChI=1S/C11H11ClFN3/c1-7(11-2-3-14-16-11)15-10-5-8(12)4-9(13)6-10/h2-7,15H,1H3,(H,14,16). The molecule has 0 aliphatic carbocycles. The molecule has 0 aliphatic heterocycles. The van der Waals surface area contributed by atoms with Crippen LogP contribution in [-0.2, 0) is 0 Å². The third-order valence-electron chi connectivity index (χ3n) is 2.23. The fourth-order valence-corrected chi connectivity index (χ4v) is 1.69. The van der Waals surface area contributed by atoms with Crippen LogP contribution in [-0.4, -0.2) is 10.2 Å². The van der Waals surface area contributed by atoms with Crippen LogP contribution in [0.3, 0.4) is 0 Å². The zero-order valence-corrected chi connectivity index (χ0v) is 9.42. The van der Waals surface area contributed by atoms with Crippen molar-refractivity contribution in [1.82, 2.24) is 10.2 Å². The predicted molar refractivity (Wildman–Crippen MR) is 62.0 cm³/mol. The molecule has 2 N–H and O–H groups in total. The number of halogens is 2. The Morgan fingerprint density at radius 2 is 2.25 bits per heavy atom. The van der Waals surface area contributed by atoms with E-state index in [9.17, 15) is 4.39 Å². The molecule has 0 saturated carbocycles. The lowest BCUT2D eigenvalue weighted by molar-refractivity contribution is 0.628. The van der Waals surface area contributed by atoms with Crippen LogP contribution in [0.4, 0.5) is 10.1 Å². The van der Waals surface area contributed by atoms with Gasteiger partial charge in [-0.2, -0.15) is 5.10 Å². The van der Waals surface area contributed by atoms with Crippen molar-refractivity contribution >= 4 is 17.3 Å². The largest absolute Gasteiger partial charge is 0.377 e. The molecule has 2 rings (SSSR count). The normalized spacial score (nSPS) is 12.4. The molecule has 16 heavy (non-hydrogen) atoms. The second-order valence-electron chi connectivity index (χ2n) is 3.54. The van der Waals surface area contributed by atoms with Crippen molar-refractivity contribution < 1.29 is 4.39 Å². The van der Waals surface area contributed by atoms with Gasteiger partial charge in [-0.25, -0.2) is 4.39 Å². The maximum absolute atomic E-state index is 13.1. The molecule has 0 bridgehead atoms. The highest BCUT2D eigenvalue weighted by Crippen LogP contribution is 2.22. The summed E-state index contributed by atoms with van der Waals surface area (Å²) in [7, 11) is 0. The van der Waals surface area contributed by atoms with Crippen molar-refractivity contribution in [2.75, 3.05) is 5.32 Å². The summed E-state index contributed by atoms with van der Waals surface area (Å²) in [6.45, 7) is 1.95. The van der Waals surface area contributed by atoms with Gasteiger partial charge < -0.3 is 5.32 Å². The van der Waals surface area contributed by atoms with Gasteiger partial charge in [-0.05, 0) is 31.2 Å². The first-order chi connectivity index (χ1) is 7.65. The number of nitrogens with zero attached hydrogens (tertiary/aromatic N) is 1. The second kappa shape index (κ2) is 4.53. The van der Waals surface area contributed by atoms with E-state index < -0.39 is 0 Å². The fraction of sp³-hybridized carbons (Fsp3) is 0.182. The molecule has 1 heterocycles. The minimum absolute atomic E-state index is 0.0142. The maximum atomic E-state index is 13.1. The average molecular weight is 240 g/mol. The molecule has 0 aliphatic rings. The first-order valence-electron chi connectivity index (χ1n) is 4.87. The van der Waals surface area contributed by atoms with Crippen LogP contribution in [0.25, 0.3) is 0 Å². The van der Waals surface area contributed by atoms with Crippen LogP contribution in [0.15, 0.2) is 30.5 Å². The van der Waals surface area contributed by atoms with Gasteiger partial charge in [0.25, 0.3) is 0 Å². The Morgan fingerprint density at radius 1 is 1.44 bits per heavy atom. The smallest absolute Gasteiger partial charge is 0.126 e. The van der Waals surface area contributed by atoms with E-state index in [0.29, 0.717) is 10.7 Å². The molecule has 2 aromatic rings. The molecular weight excluding hydrogens is 229 g/mol. The molecule has 84 valence electrons. The Labute approximate surface area is 97.6 Å². The summed E-state index contributed by atoms with van der Waals surface area (Å²) < 4.78 is 13.1. The first-order valence-corrected chi connectivity index (χ1v) is 5.25. The molecule has 5 heteroatoms. The predicted octanol–water partition coefficient (Wildman–Crippen LogP) is 3.38. The van der Waals surface area contributed by atoms with Crippen molar-refractivity contribution in [2.24, 2.45) is 0 Å². The average Bonchev–Trinajstić information content (AvgIpc) is 2.68. The van der Waals surface area contributed by atoms with Gasteiger partial charge in [0, 0.05) is 16.9 Å². The van der Waals surface area contributed by atoms with Crippen LogP contribution in [0.2, 0.25) is 5.02 Å². The number of rotatable bonds is 3. The Kier molecular flexibility index (Phi) is 3.10. The minimum Gasteiger partial charge on any atom is -0.377 e. The Balaban J connectivity index is 2.15. The topological polar surface area (TPSA) is 40.7 Å². The van der Waals surface area contributed by atoms with E-state index in [2.05, 4.69) is 15.5 Å². The van der Waals surface area contributed by atoms with Gasteiger partial charge in [0.2, 0.25) is 0 Å². The number of aromatic amines is 1. The van der Waals surface area contributed by atoms with Gasteiger partial charge in [0.05, 0.1) is 11.7 Å². The minimum atomic E-state index is -0.355. The van der Waals surface area contributed by atoms with Gasteiger partial charge >= 0.3 is 0 Å². The van der Waals surface area contributed by atoms with E-state index in [1.54, 1.807) is 12.3 Å². The number of benzene rings is 1. The number of hydrogen-bond acceptors (Lipinski definition) is 2. The quantitative estimate of drug-likeness (QED) is 0.862. The number of H-pyrrole nitrogens is 1. The molecule has 0 saturated heterocycles. The summed E-state index contributed by atoms with van der Waals surface area (Å²) in [6, 6.07) is 6.22. The highest BCUT2D eigenvalue weighted by atomic mass is 35.5. The molecule has 1 unspecified atom stereocenters. The molecular formula is C11H11ClFN3. The summed E-state index contributed by atoms with van der Waals surface area (Å²) in [6.07, 6.45) is 1.67. The van der Waals surface area contributed by atoms with Crippen molar-refractivity contribution in [2.45, 2.75) is 13.0 Å². The highest BCUT2D eigenvalue weighted by Gasteiger charge is 2.07. The van der Waals surface area contributed by atoms with Gasteiger partial charge in [-0.15, -0.1) is 0 Å². The maximum Gasteiger partial charge on any atom is 0.126 e. The summed E-state index contributed by atoms with van der Waals surface area (Å²) in [5, 5.41) is 10.2. The third-order valence-corrected chi connectivity index (χ3v) is 2.45. The molecule has 0 fully saturated rings. The van der Waals surface area contributed by atoms with Gasteiger partial charge in [0.1, 0.15) is 5.82 Å². The second-order valence-corrected chi connectivity index (χ2v) is 3.97. The fourth-order valence-electron chi connectivity index (χ4n) is 1.47. The van der Waals surface area contributed by atoms with Crippen molar-refractivity contribution in [1.29, 1.82) is 0 Å². The Bertz CT molecular complexity index is 450. The van der Waals surface area contributed by atoms with E-state index in [1.165, 1.54) is 12.1 Å². The molecule has 1 aromatic carbocycles. The van der Waals surface area contributed by atoms with Crippen molar-refractivity contribution in [3.05, 3.63) is 47.0 Å². The summed E-state index contributed by atoms with van der Waals surface area (Å²) in [5.41, 5.74) is 1.58. The molecule has 0 spiro atoms. The van der Waals surface area contributed by atoms with Crippen molar-refractivity contribution in [3.8, 4) is 0 Å². The third kappa shape index (κ3) is 2.52. The Hall–Kier alpha value is -1.55. The van der Waals surface area contributed by atoms with Crippen LogP contribution in [0.1, 0.15) is 18.7 Å². The molecule has 3 nitrogen and oxygen atoms in total. The van der Waals surface area contributed by atoms with Crippen LogP contribution >= 0.6 is 11.6 Å². The summed E-state index contributed by atoms with van der Waals surface area (Å²) in [5.74, 6) is -0.355. The van der Waals surface area contributed by atoms with E-state index in [1.807, 2.05) is 13.0 Å². The van der Waals surface area contributed by atoms with E-state index >= 15 is 0 Å². The molecule has 1 aromatic heterocycles. The number of anilines is 1. The van der Waals surface area contributed by atoms with Gasteiger partial charge in [0.15, 0.2) is 0 Å². The summed E-state index contributed by atoms with van der Waals surface area (Å²) in [4.78, 5) is 0. The number of aromatic nitrogens is 2. The zero-order chi connectivity index (χ0) is 11.5. The highest BCUT2D eigenvalue weighted by molar-refractivity contribution is 6.30.